The molecule has 7 heteroatoms. The lowest BCUT2D eigenvalue weighted by atomic mass is 10.1. The SMILES string of the molecule is COc1ccc(-c2csc3ncn(C4CCN(C)C4)c(=O)c23)cc1OC. The fourth-order valence-electron chi connectivity index (χ4n) is 3.56. The summed E-state index contributed by atoms with van der Waals surface area (Å²) in [6, 6.07) is 5.89. The molecule has 0 N–H and O–H groups in total. The Kier molecular flexibility index (Phi) is 4.42. The van der Waals surface area contributed by atoms with Crippen molar-refractivity contribution in [1.82, 2.24) is 14.5 Å². The van der Waals surface area contributed by atoms with Gasteiger partial charge in [-0.2, -0.15) is 0 Å². The Balaban J connectivity index is 1.85. The maximum absolute atomic E-state index is 13.2. The van der Waals surface area contributed by atoms with Crippen LogP contribution in [-0.2, 0) is 0 Å². The number of likely N-dealkylation sites (N-methyl/N-ethyl adjacent to an activating group) is 1. The summed E-state index contributed by atoms with van der Waals surface area (Å²) in [5.74, 6) is 1.31. The molecule has 0 radical (unpaired) electrons. The van der Waals surface area contributed by atoms with E-state index < -0.39 is 0 Å². The van der Waals surface area contributed by atoms with Crippen molar-refractivity contribution in [3.63, 3.8) is 0 Å². The molecule has 1 unspecified atom stereocenters. The Bertz CT molecular complexity index is 1010. The second-order valence-corrected chi connectivity index (χ2v) is 7.42. The molecule has 0 amide bonds. The van der Waals surface area contributed by atoms with E-state index in [0.29, 0.717) is 16.9 Å². The van der Waals surface area contributed by atoms with Crippen molar-refractivity contribution < 1.29 is 9.47 Å². The summed E-state index contributed by atoms with van der Waals surface area (Å²) >= 11 is 1.49. The van der Waals surface area contributed by atoms with E-state index in [0.717, 1.165) is 35.5 Å². The highest BCUT2D eigenvalue weighted by Crippen LogP contribution is 2.36. The lowest BCUT2D eigenvalue weighted by Crippen LogP contribution is -2.26. The lowest BCUT2D eigenvalue weighted by molar-refractivity contribution is 0.355. The van der Waals surface area contributed by atoms with Gasteiger partial charge in [0, 0.05) is 17.5 Å². The van der Waals surface area contributed by atoms with Crippen LogP contribution in [0.25, 0.3) is 21.3 Å². The summed E-state index contributed by atoms with van der Waals surface area (Å²) in [5, 5.41) is 2.67. The predicted molar refractivity (Wildman–Crippen MR) is 104 cm³/mol. The highest BCUT2D eigenvalue weighted by atomic mass is 32.1. The number of rotatable bonds is 4. The zero-order valence-corrected chi connectivity index (χ0v) is 15.9. The maximum atomic E-state index is 13.2. The molecule has 1 aliphatic heterocycles. The van der Waals surface area contributed by atoms with E-state index in [-0.39, 0.29) is 11.6 Å². The van der Waals surface area contributed by atoms with Crippen molar-refractivity contribution in [1.29, 1.82) is 0 Å². The summed E-state index contributed by atoms with van der Waals surface area (Å²) in [7, 11) is 5.30. The van der Waals surface area contributed by atoms with Gasteiger partial charge in [0.15, 0.2) is 11.5 Å². The zero-order chi connectivity index (χ0) is 18.3. The van der Waals surface area contributed by atoms with E-state index in [9.17, 15) is 4.79 Å². The number of thiophene rings is 1. The molecule has 0 aliphatic carbocycles. The second kappa shape index (κ2) is 6.74. The topological polar surface area (TPSA) is 56.6 Å². The average Bonchev–Trinajstić information content (AvgIpc) is 3.28. The number of hydrogen-bond donors (Lipinski definition) is 0. The number of aromatic nitrogens is 2. The highest BCUT2D eigenvalue weighted by molar-refractivity contribution is 7.17. The van der Waals surface area contributed by atoms with Crippen LogP contribution in [0.2, 0.25) is 0 Å². The molecule has 136 valence electrons. The van der Waals surface area contributed by atoms with Crippen LogP contribution in [0.3, 0.4) is 0 Å². The van der Waals surface area contributed by atoms with Crippen molar-refractivity contribution in [3.05, 3.63) is 40.3 Å². The average molecular weight is 371 g/mol. The molecule has 3 aromatic rings. The largest absolute Gasteiger partial charge is 0.493 e. The predicted octanol–water partition coefficient (Wildman–Crippen LogP) is 3.02. The first-order valence-corrected chi connectivity index (χ1v) is 9.39. The standard InChI is InChI=1S/C19H21N3O3S/c1-21-7-6-13(9-21)22-11-20-18-17(19(22)23)14(10-26-18)12-4-5-15(24-2)16(8-12)25-3/h4-5,8,10-11,13H,6-7,9H2,1-3H3. The van der Waals surface area contributed by atoms with E-state index in [2.05, 4.69) is 16.9 Å². The number of likely N-dealkylation sites (tertiary alicyclic amines) is 1. The van der Waals surface area contributed by atoms with Crippen molar-refractivity contribution >= 4 is 21.6 Å². The third-order valence-electron chi connectivity index (χ3n) is 4.97. The Labute approximate surface area is 155 Å². The van der Waals surface area contributed by atoms with Gasteiger partial charge in [-0.1, -0.05) is 6.07 Å². The first-order chi connectivity index (χ1) is 12.6. The maximum Gasteiger partial charge on any atom is 0.263 e. The van der Waals surface area contributed by atoms with Crippen molar-refractivity contribution in [3.8, 4) is 22.6 Å². The molecule has 0 bridgehead atoms. The van der Waals surface area contributed by atoms with Crippen LogP contribution in [-0.4, -0.2) is 48.8 Å². The van der Waals surface area contributed by atoms with Gasteiger partial charge < -0.3 is 14.4 Å². The van der Waals surface area contributed by atoms with Crippen LogP contribution in [0.4, 0.5) is 0 Å². The monoisotopic (exact) mass is 371 g/mol. The molecule has 0 saturated carbocycles. The number of ether oxygens (including phenoxy) is 2. The Morgan fingerprint density at radius 3 is 2.73 bits per heavy atom. The molecule has 2 aromatic heterocycles. The van der Waals surface area contributed by atoms with Crippen molar-refractivity contribution in [2.45, 2.75) is 12.5 Å². The minimum absolute atomic E-state index is 0.0290. The fraction of sp³-hybridized carbons (Fsp3) is 0.368. The summed E-state index contributed by atoms with van der Waals surface area (Å²) in [4.78, 5) is 20.8. The van der Waals surface area contributed by atoms with E-state index in [1.165, 1.54) is 11.3 Å². The lowest BCUT2D eigenvalue weighted by Gasteiger charge is -2.14. The van der Waals surface area contributed by atoms with Crippen LogP contribution in [0.15, 0.2) is 34.7 Å². The summed E-state index contributed by atoms with van der Waals surface area (Å²) < 4.78 is 12.5. The molecular weight excluding hydrogens is 350 g/mol. The van der Waals surface area contributed by atoms with Crippen molar-refractivity contribution in [2.75, 3.05) is 34.4 Å². The molecule has 1 aromatic carbocycles. The zero-order valence-electron chi connectivity index (χ0n) is 15.1. The fourth-order valence-corrected chi connectivity index (χ4v) is 4.47. The smallest absolute Gasteiger partial charge is 0.263 e. The molecule has 6 nitrogen and oxygen atoms in total. The Morgan fingerprint density at radius 2 is 2.04 bits per heavy atom. The molecular formula is C19H21N3O3S. The molecule has 1 saturated heterocycles. The van der Waals surface area contributed by atoms with Crippen LogP contribution in [0, 0.1) is 0 Å². The second-order valence-electron chi connectivity index (χ2n) is 6.56. The summed E-state index contributed by atoms with van der Waals surface area (Å²) in [6.45, 7) is 1.88. The van der Waals surface area contributed by atoms with Gasteiger partial charge in [0.25, 0.3) is 5.56 Å². The number of fused-ring (bicyclic) bond motifs is 1. The number of hydrogen-bond acceptors (Lipinski definition) is 6. The number of methoxy groups -OCH3 is 2. The highest BCUT2D eigenvalue weighted by Gasteiger charge is 2.24. The van der Waals surface area contributed by atoms with Crippen molar-refractivity contribution in [2.24, 2.45) is 0 Å². The number of benzene rings is 1. The molecule has 1 fully saturated rings. The van der Waals surface area contributed by atoms with Gasteiger partial charge in [0.1, 0.15) is 4.83 Å². The Hall–Kier alpha value is -2.38. The van der Waals surface area contributed by atoms with Gasteiger partial charge in [-0.25, -0.2) is 4.98 Å². The van der Waals surface area contributed by atoms with Gasteiger partial charge in [-0.05, 0) is 37.7 Å². The first-order valence-electron chi connectivity index (χ1n) is 8.51. The number of nitrogens with zero attached hydrogens (tertiary/aromatic N) is 3. The molecule has 1 atom stereocenters. The molecule has 4 rings (SSSR count). The van der Waals surface area contributed by atoms with Crippen LogP contribution < -0.4 is 15.0 Å². The molecule has 26 heavy (non-hydrogen) atoms. The Morgan fingerprint density at radius 1 is 1.23 bits per heavy atom. The summed E-state index contributed by atoms with van der Waals surface area (Å²) in [6.07, 6.45) is 2.67. The van der Waals surface area contributed by atoms with E-state index in [1.54, 1.807) is 25.1 Å². The minimum Gasteiger partial charge on any atom is -0.493 e. The first kappa shape index (κ1) is 17.1. The van der Waals surface area contributed by atoms with Gasteiger partial charge in [-0.3, -0.25) is 9.36 Å². The van der Waals surface area contributed by atoms with E-state index in [4.69, 9.17) is 9.47 Å². The molecule has 3 heterocycles. The molecule has 1 aliphatic rings. The minimum atomic E-state index is 0.0290. The normalized spacial score (nSPS) is 17.7. The van der Waals surface area contributed by atoms with Crippen LogP contribution in [0.1, 0.15) is 12.5 Å². The van der Waals surface area contributed by atoms with E-state index in [1.807, 2.05) is 23.6 Å². The van der Waals surface area contributed by atoms with Gasteiger partial charge in [-0.15, -0.1) is 11.3 Å². The summed E-state index contributed by atoms with van der Waals surface area (Å²) in [5.41, 5.74) is 1.85. The van der Waals surface area contributed by atoms with Crippen LogP contribution >= 0.6 is 11.3 Å². The quantitative estimate of drug-likeness (QED) is 0.706. The van der Waals surface area contributed by atoms with Gasteiger partial charge in [0.2, 0.25) is 0 Å². The molecule has 0 spiro atoms. The third-order valence-corrected chi connectivity index (χ3v) is 5.86. The van der Waals surface area contributed by atoms with Gasteiger partial charge >= 0.3 is 0 Å². The van der Waals surface area contributed by atoms with E-state index >= 15 is 0 Å². The van der Waals surface area contributed by atoms with Gasteiger partial charge in [0.05, 0.1) is 32.0 Å². The van der Waals surface area contributed by atoms with Crippen LogP contribution in [0.5, 0.6) is 11.5 Å². The third kappa shape index (κ3) is 2.77.